The summed E-state index contributed by atoms with van der Waals surface area (Å²) in [6.45, 7) is 7.23. The number of carbonyl (C=O) groups is 2. The van der Waals surface area contributed by atoms with E-state index in [9.17, 15) is 23.6 Å². The summed E-state index contributed by atoms with van der Waals surface area (Å²) in [7, 11) is -2.11. The van der Waals surface area contributed by atoms with E-state index in [2.05, 4.69) is 50.6 Å². The number of hydrogen-bond donors (Lipinski definition) is 6. The lowest BCUT2D eigenvalue weighted by Crippen LogP contribution is -2.34. The van der Waals surface area contributed by atoms with Gasteiger partial charge in [-0.2, -0.15) is 0 Å². The molecule has 350 valence electrons. The maximum Gasteiger partial charge on any atom is 0.705 e. The molecule has 3 rings (SSSR count). The summed E-state index contributed by atoms with van der Waals surface area (Å²) in [6.07, 6.45) is 4.13. The molecule has 22 nitrogen and oxygen atoms in total. The molecule has 28 heteroatoms. The summed E-state index contributed by atoms with van der Waals surface area (Å²) >= 11 is 0. The average molecular weight is 993 g/mol. The summed E-state index contributed by atoms with van der Waals surface area (Å²) in [5, 5.41) is 5.72. The van der Waals surface area contributed by atoms with E-state index in [0.717, 1.165) is 0 Å². The van der Waals surface area contributed by atoms with Gasteiger partial charge in [0.1, 0.15) is 41.9 Å². The Bertz CT molecular complexity index is 1800. The Balaban J connectivity index is 1.34. The number of rotatable bonds is 31. The summed E-state index contributed by atoms with van der Waals surface area (Å²) in [4.78, 5) is 51.4. The molecule has 1 fully saturated rings. The van der Waals surface area contributed by atoms with Gasteiger partial charge in [-0.1, -0.05) is 55.0 Å². The summed E-state index contributed by atoms with van der Waals surface area (Å²) in [6, 6.07) is -0.524. The van der Waals surface area contributed by atoms with Gasteiger partial charge in [0.05, 0.1) is 76.4 Å². The van der Waals surface area contributed by atoms with E-state index >= 15 is 0 Å². The highest BCUT2D eigenvalue weighted by Crippen LogP contribution is 2.51. The Morgan fingerprint density at radius 3 is 2.55 bits per heavy atom. The molecule has 2 amide bonds. The van der Waals surface area contributed by atoms with Crippen molar-refractivity contribution in [2.75, 3.05) is 103 Å². The molecular formula is C34H56N7O15P2S4+. The zero-order chi connectivity index (χ0) is 45.2. The Morgan fingerprint density at radius 1 is 1.05 bits per heavy atom. The van der Waals surface area contributed by atoms with Crippen molar-refractivity contribution in [1.29, 1.82) is 0 Å². The van der Waals surface area contributed by atoms with Crippen LogP contribution in [-0.2, 0) is 51.1 Å². The highest BCUT2D eigenvalue weighted by molar-refractivity contribution is 8.77. The molecule has 2 aromatic heterocycles. The fourth-order valence-corrected chi connectivity index (χ4v) is 9.59. The largest absolute Gasteiger partial charge is 0.705 e. The molecule has 0 aromatic carbocycles. The molecule has 0 saturated carbocycles. The van der Waals surface area contributed by atoms with Crippen LogP contribution in [0.3, 0.4) is 0 Å². The number of aromatic nitrogens is 3. The van der Waals surface area contributed by atoms with E-state index in [4.69, 9.17) is 54.0 Å². The van der Waals surface area contributed by atoms with Crippen LogP contribution in [0.4, 0.5) is 15.4 Å². The van der Waals surface area contributed by atoms with Crippen LogP contribution in [0.1, 0.15) is 44.7 Å². The highest BCUT2D eigenvalue weighted by atomic mass is 33.1. The number of amides is 2. The lowest BCUT2D eigenvalue weighted by molar-refractivity contribution is -0.0222. The van der Waals surface area contributed by atoms with Gasteiger partial charge in [0, 0.05) is 35.2 Å². The van der Waals surface area contributed by atoms with Crippen molar-refractivity contribution >= 4 is 88.3 Å². The predicted octanol–water partition coefficient (Wildman–Crippen LogP) is 4.19. The predicted molar refractivity (Wildman–Crippen MR) is 238 cm³/mol. The first-order valence-corrected chi connectivity index (χ1v) is 26.8. The fourth-order valence-electron chi connectivity index (χ4n) is 5.32. The molecule has 3 unspecified atom stereocenters. The molecule has 3 heterocycles. The molecule has 0 bridgehead atoms. The third-order valence-electron chi connectivity index (χ3n) is 8.19. The van der Waals surface area contributed by atoms with Crippen molar-refractivity contribution in [2.24, 2.45) is 5.73 Å². The number of nitrogens with two attached hydrogens (primary N) is 2. The van der Waals surface area contributed by atoms with Crippen LogP contribution in [0.5, 0.6) is 0 Å². The number of ether oxygens (including phenoxy) is 7. The Morgan fingerprint density at radius 2 is 1.79 bits per heavy atom. The van der Waals surface area contributed by atoms with Gasteiger partial charge in [0.2, 0.25) is 0 Å². The van der Waals surface area contributed by atoms with Crippen molar-refractivity contribution in [3.05, 3.63) is 18.1 Å². The van der Waals surface area contributed by atoms with Crippen molar-refractivity contribution in [1.82, 2.24) is 25.2 Å². The molecule has 8 N–H and O–H groups in total. The first kappa shape index (κ1) is 54.2. The number of nitrogens with one attached hydrogen (secondary N) is 2. The second-order valence-electron chi connectivity index (χ2n) is 13.3. The summed E-state index contributed by atoms with van der Waals surface area (Å²) < 4.78 is 72.4. The van der Waals surface area contributed by atoms with Gasteiger partial charge in [-0.15, -0.1) is 4.89 Å². The number of hydrogen-bond acceptors (Lipinski definition) is 21. The van der Waals surface area contributed by atoms with Crippen LogP contribution < -0.4 is 22.1 Å². The molecule has 5 atom stereocenters. The van der Waals surface area contributed by atoms with Gasteiger partial charge in [-0.05, 0) is 43.7 Å². The maximum absolute atomic E-state index is 12.3. The minimum atomic E-state index is -4.85. The van der Waals surface area contributed by atoms with Crippen LogP contribution in [0, 0.1) is 11.8 Å². The average Bonchev–Trinajstić information content (AvgIpc) is 3.80. The fraction of sp³-hybridized carbons (Fsp3) is 0.706. The third-order valence-corrected chi connectivity index (χ3v) is 14.5. The highest BCUT2D eigenvalue weighted by Gasteiger charge is 2.43. The number of fused-ring (bicyclic) bond motifs is 1. The van der Waals surface area contributed by atoms with E-state index in [1.54, 1.807) is 32.4 Å². The van der Waals surface area contributed by atoms with Crippen LogP contribution >= 0.6 is 59.3 Å². The minimum Gasteiger partial charge on any atom is -0.450 e. The number of nitrogens with zero attached hydrogens (tertiary/aromatic N) is 3. The van der Waals surface area contributed by atoms with Crippen LogP contribution in [-0.4, -0.2) is 151 Å². The van der Waals surface area contributed by atoms with Crippen LogP contribution in [0.2, 0.25) is 0 Å². The van der Waals surface area contributed by atoms with Crippen molar-refractivity contribution in [3.63, 3.8) is 0 Å². The second kappa shape index (κ2) is 30.1. The van der Waals surface area contributed by atoms with E-state index in [1.165, 1.54) is 27.9 Å². The molecule has 0 spiro atoms. The Kier molecular flexibility index (Phi) is 26.3. The molecule has 62 heavy (non-hydrogen) atoms. The summed E-state index contributed by atoms with van der Waals surface area (Å²) in [5.74, 6) is 6.78. The third kappa shape index (κ3) is 21.2. The number of phosphoric acid groups is 1. The van der Waals surface area contributed by atoms with Crippen LogP contribution in [0.25, 0.3) is 11.0 Å². The number of alkyl carbamates (subject to hydrolysis) is 2. The first-order chi connectivity index (χ1) is 29.8. The van der Waals surface area contributed by atoms with Crippen molar-refractivity contribution in [2.45, 2.75) is 56.1 Å². The van der Waals surface area contributed by atoms with E-state index in [0.29, 0.717) is 87.9 Å². The van der Waals surface area contributed by atoms with Gasteiger partial charge < -0.3 is 59.8 Å². The van der Waals surface area contributed by atoms with Crippen LogP contribution in [0.15, 0.2) is 12.5 Å². The molecule has 2 aromatic rings. The molecule has 1 aliphatic rings. The van der Waals surface area contributed by atoms with Crippen molar-refractivity contribution < 1.29 is 70.5 Å². The summed E-state index contributed by atoms with van der Waals surface area (Å²) in [5.41, 5.74) is 12.5. The van der Waals surface area contributed by atoms with Gasteiger partial charge in [0.15, 0.2) is 0 Å². The normalized spacial score (nSPS) is 17.6. The van der Waals surface area contributed by atoms with Crippen molar-refractivity contribution in [3.8, 4) is 11.8 Å². The molecule has 0 aliphatic carbocycles. The number of carbonyl (C=O) groups excluding carboxylic acids is 2. The second-order valence-corrected chi connectivity index (χ2v) is 21.1. The molecular weight excluding hydrogens is 937 g/mol. The molecule has 0 radical (unpaired) electrons. The smallest absolute Gasteiger partial charge is 0.450 e. The maximum atomic E-state index is 12.3. The molecule has 1 aliphatic heterocycles. The lowest BCUT2D eigenvalue weighted by atomic mass is 10.1. The quantitative estimate of drug-likeness (QED) is 0.0203. The standard InChI is InChI=1S/C34H55N7O15P2S4/c1-34(2,8-14-52-33(43)38-11-16-49-18-17-48-15-9-35)62-61-23-50-12-4-5-13-51-32(42)37-10-6-7-25-19-41(31-28(25)30(36)39-22-40-31)26-20-53-27(29(26)54-24-60-59-3)21-55-58(46,47)56-57(44)45/h19,22,26-27,29H,4-5,8-18,20-21,23-24,35H2,1-3H3,(H5-,36,37,38,39,40,42,43,44,45,46,47)/p+1/t26-,27-,29?/m1/s1. The number of nitrogen functional groups attached to an aromatic ring is 1. The van der Waals surface area contributed by atoms with Gasteiger partial charge >= 0.3 is 28.3 Å². The van der Waals surface area contributed by atoms with Gasteiger partial charge in [-0.3, -0.25) is 9.42 Å². The van der Waals surface area contributed by atoms with E-state index in [1.807, 2.05) is 6.26 Å². The Labute approximate surface area is 377 Å². The van der Waals surface area contributed by atoms with Gasteiger partial charge in [0.25, 0.3) is 0 Å². The number of anilines is 1. The lowest BCUT2D eigenvalue weighted by Gasteiger charge is -2.24. The monoisotopic (exact) mass is 992 g/mol. The topological polar surface area (TPSA) is 299 Å². The minimum absolute atomic E-state index is 0.0263. The van der Waals surface area contributed by atoms with Gasteiger partial charge in [-0.25, -0.2) is 24.1 Å². The Hall–Kier alpha value is -2.15. The van der Waals surface area contributed by atoms with E-state index < -0.39 is 53.1 Å². The zero-order valence-electron chi connectivity index (χ0n) is 34.6. The number of unbranched alkanes of at least 4 members (excludes halogenated alkanes) is 1. The van der Waals surface area contributed by atoms with E-state index in [-0.39, 0.29) is 42.9 Å². The SMILES string of the molecule is CSSCOC1[C@H](n2cc(C#CCNC(=O)OCCCCOCSSC(C)(C)CCOC(=O)NCCOCCOCCN)c3c(N)ncnc32)CO[C@@H]1COP(=O)(O)O[P+](=O)O. The first-order valence-electron chi connectivity index (χ1n) is 19.1. The zero-order valence-corrected chi connectivity index (χ0v) is 39.7. The number of phosphoric ester groups is 1. The molecule has 1 saturated heterocycles.